The Kier molecular flexibility index (Phi) is 25.6. The first kappa shape index (κ1) is 79.5. The summed E-state index contributed by atoms with van der Waals surface area (Å²) in [6.45, 7) is -5.47. The zero-order chi connectivity index (χ0) is 76.9. The van der Waals surface area contributed by atoms with Gasteiger partial charge in [0.15, 0.2) is 24.4 Å². The molecule has 13 rings (SSSR count). The SMILES string of the molecule is CO[C@@]1(c2ccc(Cl)c(Cc3ccc(OCC(F)(F)F)cc3)c2)OC(CO)(C(O)C(O)[C@]23CO[C@@](c4ccc(Cl)c(Cc5ccc(OCC(F)(F)F)cc5)c4)(O2)[C@H](OCc2ccccc2)[C@@H](OCc2ccccc2)[C@H]3OCc2ccccc2)[C@H](OCc2ccccc2)[C@H](OCc2ccccc2)[C@H]1OCc1ccccc1. The maximum absolute atomic E-state index is 14.6. The van der Waals surface area contributed by atoms with Crippen LogP contribution in [-0.4, -0.2) is 121 Å². The number of hydrogen-bond donors (Lipinski definition) is 3. The highest BCUT2D eigenvalue weighted by atomic mass is 35.5. The molecule has 10 aromatic carbocycles. The highest BCUT2D eigenvalue weighted by Crippen LogP contribution is 2.58. The minimum absolute atomic E-state index is 0.00370. The summed E-state index contributed by atoms with van der Waals surface area (Å²) in [6.07, 6.45) is -22.5. The van der Waals surface area contributed by atoms with E-state index in [0.29, 0.717) is 55.1 Å². The molecule has 12 atom stereocenters. The van der Waals surface area contributed by atoms with Crippen LogP contribution in [0.2, 0.25) is 10.0 Å². The maximum Gasteiger partial charge on any atom is 0.422 e. The predicted molar refractivity (Wildman–Crippen MR) is 398 cm³/mol. The molecule has 0 spiro atoms. The molecule has 0 amide bonds. The average molecular weight is 1550 g/mol. The van der Waals surface area contributed by atoms with Gasteiger partial charge in [-0.3, -0.25) is 0 Å². The van der Waals surface area contributed by atoms with Crippen molar-refractivity contribution in [1.82, 2.24) is 0 Å². The van der Waals surface area contributed by atoms with Gasteiger partial charge in [-0.05, 0) is 117 Å². The van der Waals surface area contributed by atoms with Crippen molar-refractivity contribution in [3.05, 3.63) is 344 Å². The number of fused-ring (bicyclic) bond motifs is 2. The smallest absolute Gasteiger partial charge is 0.422 e. The van der Waals surface area contributed by atoms with Crippen molar-refractivity contribution in [1.29, 1.82) is 0 Å². The minimum atomic E-state index is -4.58. The molecule has 576 valence electrons. The molecule has 3 heterocycles. The molecular formula is C87H82Cl2F6O15. The molecular weight excluding hydrogens is 1470 g/mol. The second-order valence-corrected chi connectivity index (χ2v) is 28.3. The van der Waals surface area contributed by atoms with Gasteiger partial charge in [0, 0.05) is 28.3 Å². The molecule has 0 saturated carbocycles. The Hall–Kier alpha value is -8.56. The molecule has 10 aromatic rings. The van der Waals surface area contributed by atoms with Gasteiger partial charge in [0.2, 0.25) is 11.6 Å². The third kappa shape index (κ3) is 18.5. The van der Waals surface area contributed by atoms with Crippen LogP contribution in [-0.2, 0) is 111 Å². The number of hydrogen-bond acceptors (Lipinski definition) is 15. The summed E-state index contributed by atoms with van der Waals surface area (Å²) in [5.41, 5.74) is 1.95. The number of aliphatic hydroxyl groups excluding tert-OH is 3. The second-order valence-electron chi connectivity index (χ2n) is 27.4. The molecule has 3 N–H and O–H groups in total. The summed E-state index contributed by atoms with van der Waals surface area (Å²) in [6, 6.07) is 77.8. The van der Waals surface area contributed by atoms with E-state index in [4.69, 9.17) is 80.0 Å². The van der Waals surface area contributed by atoms with Crippen molar-refractivity contribution >= 4 is 23.2 Å². The Morgan fingerprint density at radius 2 is 0.764 bits per heavy atom. The first-order valence-corrected chi connectivity index (χ1v) is 36.6. The van der Waals surface area contributed by atoms with E-state index in [2.05, 4.69) is 0 Å². The standard InChI is InChI=1S/C87H82Cl2F6O15/c1-99-86(68-36-42-72(88)66(46-68)44-58-32-38-70(39-33-58)106-56-84(90,91)92)80(104-52-64-28-16-6-17-29-64)74(100-48-60-20-8-2-9-21-60)78(102-50-62-24-12-4-13-25-62)82(54-96,109-86)76(97)77(98)83-55-108-87(110-83,69-37-43-73(89)67(47-69)45-59-34-40-71(41-35-59)107-57-85(93,94)95)81(105-53-65-30-18-7-19-31-65)75(101-49-61-22-10-3-11-23-61)79(83)103-51-63-26-14-5-15-27-63/h2-43,46-47,74-81,96-98H,44-45,48-57H2,1H3/t74-,75-,76?,77?,78+,79+,80+,81+,82?,83-,86-,87-/m0/s1. The maximum atomic E-state index is 14.6. The lowest BCUT2D eigenvalue weighted by molar-refractivity contribution is -0.434. The molecule has 110 heavy (non-hydrogen) atoms. The number of ether oxygens (including phenoxy) is 12. The van der Waals surface area contributed by atoms with Crippen molar-refractivity contribution < 1.29 is 98.5 Å². The largest absolute Gasteiger partial charge is 0.484 e. The fourth-order valence-electron chi connectivity index (χ4n) is 14.5. The summed E-state index contributed by atoms with van der Waals surface area (Å²) in [5.74, 6) is -4.50. The van der Waals surface area contributed by atoms with Gasteiger partial charge in [-0.15, -0.1) is 0 Å². The number of aliphatic hydroxyl groups is 3. The third-order valence-corrected chi connectivity index (χ3v) is 20.7. The topological polar surface area (TPSA) is 171 Å². The number of halogens is 8. The van der Waals surface area contributed by atoms with Gasteiger partial charge in [0.05, 0.1) is 52.9 Å². The van der Waals surface area contributed by atoms with Crippen LogP contribution in [0, 0.1) is 0 Å². The van der Waals surface area contributed by atoms with Crippen molar-refractivity contribution in [2.45, 2.75) is 136 Å². The Balaban J connectivity index is 0.997. The van der Waals surface area contributed by atoms with Crippen LogP contribution in [0.15, 0.2) is 267 Å². The van der Waals surface area contributed by atoms with Gasteiger partial charge in [-0.2, -0.15) is 26.3 Å². The number of rotatable bonds is 33. The van der Waals surface area contributed by atoms with E-state index in [1.54, 1.807) is 60.7 Å². The highest BCUT2D eigenvalue weighted by molar-refractivity contribution is 6.31. The van der Waals surface area contributed by atoms with Crippen LogP contribution in [0.25, 0.3) is 0 Å². The van der Waals surface area contributed by atoms with E-state index >= 15 is 0 Å². The fraction of sp³-hybridized carbons (Fsp3) is 0.310. The third-order valence-electron chi connectivity index (χ3n) is 19.9. The molecule has 0 radical (unpaired) electrons. The molecule has 3 aliphatic rings. The molecule has 3 unspecified atom stereocenters. The van der Waals surface area contributed by atoms with Crippen molar-refractivity contribution in [2.75, 3.05) is 33.5 Å². The molecule has 23 heteroatoms. The zero-order valence-electron chi connectivity index (χ0n) is 59.8. The molecule has 15 nitrogen and oxygen atoms in total. The monoisotopic (exact) mass is 1550 g/mol. The Morgan fingerprint density at radius 1 is 0.409 bits per heavy atom. The molecule has 0 aliphatic carbocycles. The van der Waals surface area contributed by atoms with Gasteiger partial charge in [-0.25, -0.2) is 0 Å². The van der Waals surface area contributed by atoms with Gasteiger partial charge >= 0.3 is 12.4 Å². The first-order valence-electron chi connectivity index (χ1n) is 35.8. The fourth-order valence-corrected chi connectivity index (χ4v) is 14.8. The molecule has 3 saturated heterocycles. The highest BCUT2D eigenvalue weighted by Gasteiger charge is 2.76. The lowest BCUT2D eigenvalue weighted by atomic mass is 9.71. The van der Waals surface area contributed by atoms with Gasteiger partial charge < -0.3 is 72.2 Å². The summed E-state index contributed by atoms with van der Waals surface area (Å²) in [5, 5.41) is 42.9. The van der Waals surface area contributed by atoms with E-state index in [9.17, 15) is 41.7 Å². The number of alkyl halides is 6. The Morgan fingerprint density at radius 3 is 1.15 bits per heavy atom. The van der Waals surface area contributed by atoms with Crippen molar-refractivity contribution in [3.8, 4) is 11.5 Å². The van der Waals surface area contributed by atoms with Crippen LogP contribution in [0.5, 0.6) is 11.5 Å². The summed E-state index contributed by atoms with van der Waals surface area (Å²) >= 11 is 14.3. The average Bonchev–Trinajstić information content (AvgIpc) is 1.39. The summed E-state index contributed by atoms with van der Waals surface area (Å²) in [4.78, 5) is 0. The van der Waals surface area contributed by atoms with Gasteiger partial charge in [0.25, 0.3) is 0 Å². The molecule has 3 fully saturated rings. The van der Waals surface area contributed by atoms with Crippen LogP contribution in [0.1, 0.15) is 66.8 Å². The Labute approximate surface area is 643 Å². The minimum Gasteiger partial charge on any atom is -0.484 e. The van der Waals surface area contributed by atoms with E-state index in [-0.39, 0.29) is 74.6 Å². The number of benzene rings is 10. The van der Waals surface area contributed by atoms with Crippen molar-refractivity contribution in [3.63, 3.8) is 0 Å². The lowest BCUT2D eigenvalue weighted by Gasteiger charge is -2.60. The normalized spacial score (nSPS) is 23.9. The van der Waals surface area contributed by atoms with Gasteiger partial charge in [-0.1, -0.05) is 242 Å². The van der Waals surface area contributed by atoms with Gasteiger partial charge in [0.1, 0.15) is 60.3 Å². The van der Waals surface area contributed by atoms with Crippen LogP contribution < -0.4 is 9.47 Å². The Bertz CT molecular complexity index is 4550. The molecule has 0 aromatic heterocycles. The predicted octanol–water partition coefficient (Wildman–Crippen LogP) is 16.5. The van der Waals surface area contributed by atoms with Crippen LogP contribution in [0.4, 0.5) is 26.3 Å². The second kappa shape index (κ2) is 35.4. The van der Waals surface area contributed by atoms with E-state index < -0.39 is 110 Å². The summed E-state index contributed by atoms with van der Waals surface area (Å²) in [7, 11) is 1.36. The number of methoxy groups -OCH3 is 1. The quantitative estimate of drug-likeness (QED) is 0.0332. The first-order chi connectivity index (χ1) is 53.2. The lowest BCUT2D eigenvalue weighted by Crippen LogP contribution is -2.79. The zero-order valence-corrected chi connectivity index (χ0v) is 61.3. The van der Waals surface area contributed by atoms with Crippen molar-refractivity contribution in [2.24, 2.45) is 0 Å². The molecule has 2 bridgehead atoms. The van der Waals surface area contributed by atoms with Crippen LogP contribution >= 0.6 is 23.2 Å². The molecule has 3 aliphatic heterocycles. The van der Waals surface area contributed by atoms with E-state index in [1.165, 1.54) is 31.4 Å². The summed E-state index contributed by atoms with van der Waals surface area (Å²) < 4.78 is 163. The van der Waals surface area contributed by atoms with Crippen LogP contribution in [0.3, 0.4) is 0 Å². The van der Waals surface area contributed by atoms with E-state index in [1.807, 2.05) is 182 Å². The van der Waals surface area contributed by atoms with E-state index in [0.717, 1.165) is 11.1 Å².